The van der Waals surface area contributed by atoms with Crippen LogP contribution in [0.5, 0.6) is 0 Å². The van der Waals surface area contributed by atoms with Crippen molar-refractivity contribution in [3.63, 3.8) is 0 Å². The second kappa shape index (κ2) is 6.86. The number of nitriles is 1. The smallest absolute Gasteiger partial charge is 0.216 e. The number of fused-ring (bicyclic) bond motifs is 3. The SMILES string of the molecule is [2H]C([2H])([2H])c1cc2c(oc3c(-c4cccc[n+]4C)c(C)ccc32)c(-c2ccccc2)c1C#N. The van der Waals surface area contributed by atoms with Gasteiger partial charge in [0, 0.05) is 32.6 Å². The lowest BCUT2D eigenvalue weighted by molar-refractivity contribution is -0.660. The predicted octanol–water partition coefficient (Wildman–Crippen LogP) is 6.23. The standard InChI is InChI=1S/C27H21N2O/c1-17-12-13-20-21-15-18(2)22(16-28)25(19-9-5-4-6-10-19)27(21)30-26(20)24(17)23-11-7-8-14-29(23)3/h4-15H,1-3H3/q+1/i2D3. The number of pyridine rings is 1. The molecule has 0 N–H and O–H groups in total. The highest BCUT2D eigenvalue weighted by Crippen LogP contribution is 2.42. The maximum atomic E-state index is 10.0. The molecule has 0 unspecified atom stereocenters. The average molecular weight is 392 g/mol. The van der Waals surface area contributed by atoms with Crippen molar-refractivity contribution in [2.75, 3.05) is 0 Å². The number of rotatable bonds is 2. The lowest BCUT2D eigenvalue weighted by Gasteiger charge is -2.08. The molecule has 144 valence electrons. The third-order valence-electron chi connectivity index (χ3n) is 5.63. The van der Waals surface area contributed by atoms with E-state index in [0.29, 0.717) is 22.1 Å². The van der Waals surface area contributed by atoms with Gasteiger partial charge in [-0.3, -0.25) is 0 Å². The highest BCUT2D eigenvalue weighted by Gasteiger charge is 2.23. The topological polar surface area (TPSA) is 40.8 Å². The first-order chi connectivity index (χ1) is 15.8. The molecule has 3 aromatic carbocycles. The summed E-state index contributed by atoms with van der Waals surface area (Å²) < 4.78 is 32.9. The van der Waals surface area contributed by atoms with Crippen molar-refractivity contribution in [3.05, 3.63) is 89.6 Å². The maximum Gasteiger partial charge on any atom is 0.216 e. The summed E-state index contributed by atoms with van der Waals surface area (Å²) in [7, 11) is 1.98. The predicted molar refractivity (Wildman–Crippen MR) is 120 cm³/mol. The van der Waals surface area contributed by atoms with E-state index in [2.05, 4.69) is 6.07 Å². The Morgan fingerprint density at radius 2 is 1.67 bits per heavy atom. The molecule has 0 atom stereocenters. The van der Waals surface area contributed by atoms with Gasteiger partial charge in [-0.15, -0.1) is 0 Å². The van der Waals surface area contributed by atoms with Crippen LogP contribution in [0.3, 0.4) is 0 Å². The lowest BCUT2D eigenvalue weighted by Crippen LogP contribution is -2.30. The minimum absolute atomic E-state index is 0.0337. The van der Waals surface area contributed by atoms with Crippen LogP contribution in [-0.2, 0) is 7.05 Å². The van der Waals surface area contributed by atoms with Crippen LogP contribution < -0.4 is 4.57 Å². The summed E-state index contributed by atoms with van der Waals surface area (Å²) in [6, 6.07) is 23.1. The zero-order valence-electron chi connectivity index (χ0n) is 19.7. The van der Waals surface area contributed by atoms with Gasteiger partial charge >= 0.3 is 0 Å². The molecule has 0 aliphatic heterocycles. The van der Waals surface area contributed by atoms with E-state index in [0.717, 1.165) is 27.8 Å². The molecule has 0 fully saturated rings. The van der Waals surface area contributed by atoms with Gasteiger partial charge in [0.1, 0.15) is 24.3 Å². The van der Waals surface area contributed by atoms with Crippen LogP contribution in [0.15, 0.2) is 77.3 Å². The van der Waals surface area contributed by atoms with Crippen molar-refractivity contribution in [2.24, 2.45) is 7.05 Å². The highest BCUT2D eigenvalue weighted by atomic mass is 16.3. The van der Waals surface area contributed by atoms with Crippen LogP contribution in [0.4, 0.5) is 0 Å². The summed E-state index contributed by atoms with van der Waals surface area (Å²) in [5.74, 6) is 0. The van der Waals surface area contributed by atoms with Crippen molar-refractivity contribution < 1.29 is 13.1 Å². The van der Waals surface area contributed by atoms with Crippen LogP contribution in [0, 0.1) is 25.1 Å². The number of furan rings is 1. The lowest BCUT2D eigenvalue weighted by atomic mass is 9.93. The van der Waals surface area contributed by atoms with E-state index in [1.807, 2.05) is 85.4 Å². The molecule has 5 aromatic rings. The molecule has 0 saturated heterocycles. The number of aryl methyl sites for hydroxylation is 3. The fourth-order valence-corrected chi connectivity index (χ4v) is 4.17. The molecule has 0 saturated carbocycles. The summed E-state index contributed by atoms with van der Waals surface area (Å²) in [5.41, 5.74) is 5.58. The Labute approximate surface area is 179 Å². The Morgan fingerprint density at radius 1 is 0.900 bits per heavy atom. The molecule has 2 aromatic heterocycles. The zero-order chi connectivity index (χ0) is 23.3. The average Bonchev–Trinajstić information content (AvgIpc) is 3.16. The van der Waals surface area contributed by atoms with Gasteiger partial charge in [0.05, 0.1) is 11.1 Å². The number of hydrogen-bond donors (Lipinski definition) is 0. The summed E-state index contributed by atoms with van der Waals surface area (Å²) >= 11 is 0. The molecule has 3 heteroatoms. The fourth-order valence-electron chi connectivity index (χ4n) is 4.17. The molecular weight excluding hydrogens is 368 g/mol. The molecule has 0 aliphatic carbocycles. The van der Waals surface area contributed by atoms with Crippen molar-refractivity contribution >= 4 is 21.9 Å². The van der Waals surface area contributed by atoms with Crippen molar-refractivity contribution in [1.29, 1.82) is 5.26 Å². The van der Waals surface area contributed by atoms with Crippen LogP contribution in [0.2, 0.25) is 0 Å². The van der Waals surface area contributed by atoms with Gasteiger partial charge in [-0.25, -0.2) is 4.57 Å². The van der Waals surface area contributed by atoms with E-state index < -0.39 is 6.85 Å². The first-order valence-corrected chi connectivity index (χ1v) is 9.75. The summed E-state index contributed by atoms with van der Waals surface area (Å²) in [6.45, 7) is -0.409. The molecule has 0 spiro atoms. The van der Waals surface area contributed by atoms with Gasteiger partial charge in [0.2, 0.25) is 5.69 Å². The van der Waals surface area contributed by atoms with Crippen molar-refractivity contribution in [1.82, 2.24) is 0 Å². The van der Waals surface area contributed by atoms with Gasteiger partial charge in [-0.2, -0.15) is 5.26 Å². The van der Waals surface area contributed by atoms with E-state index in [1.165, 1.54) is 0 Å². The Kier molecular flexibility index (Phi) is 3.43. The van der Waals surface area contributed by atoms with Crippen LogP contribution in [0.25, 0.3) is 44.3 Å². The Balaban J connectivity index is 2.00. The molecule has 5 rings (SSSR count). The fraction of sp³-hybridized carbons (Fsp3) is 0.111. The monoisotopic (exact) mass is 392 g/mol. The van der Waals surface area contributed by atoms with Crippen LogP contribution >= 0.6 is 0 Å². The first-order valence-electron chi connectivity index (χ1n) is 11.2. The number of aromatic nitrogens is 1. The minimum atomic E-state index is -2.44. The third-order valence-corrected chi connectivity index (χ3v) is 5.63. The molecule has 0 amide bonds. The van der Waals surface area contributed by atoms with Crippen molar-refractivity contribution in [3.8, 4) is 28.5 Å². The molecule has 0 bridgehead atoms. The molecule has 2 heterocycles. The van der Waals surface area contributed by atoms with Gasteiger partial charge in [0.15, 0.2) is 6.20 Å². The normalized spacial score (nSPS) is 13.0. The molecule has 3 nitrogen and oxygen atoms in total. The Bertz CT molecular complexity index is 1580. The quantitative estimate of drug-likeness (QED) is 0.334. The largest absolute Gasteiger partial charge is 0.454 e. The van der Waals surface area contributed by atoms with E-state index in [9.17, 15) is 5.26 Å². The Hall–Kier alpha value is -3.90. The number of nitrogens with zero attached hydrogens (tertiary/aromatic N) is 2. The Morgan fingerprint density at radius 3 is 2.40 bits per heavy atom. The third kappa shape index (κ3) is 2.62. The second-order valence-electron chi connectivity index (χ2n) is 7.46. The maximum absolute atomic E-state index is 10.0. The number of benzene rings is 3. The molecular formula is C27H21N2O+. The summed E-state index contributed by atoms with van der Waals surface area (Å²) in [5, 5.41) is 11.5. The van der Waals surface area contributed by atoms with Crippen LogP contribution in [0.1, 0.15) is 20.8 Å². The first kappa shape index (κ1) is 15.0. The minimum Gasteiger partial charge on any atom is -0.454 e. The molecule has 0 aliphatic rings. The molecule has 0 radical (unpaired) electrons. The van der Waals surface area contributed by atoms with E-state index in [-0.39, 0.29) is 11.1 Å². The van der Waals surface area contributed by atoms with E-state index >= 15 is 0 Å². The zero-order valence-corrected chi connectivity index (χ0v) is 16.7. The van der Waals surface area contributed by atoms with Gasteiger partial charge in [-0.05, 0) is 42.6 Å². The summed E-state index contributed by atoms with van der Waals surface area (Å²) in [6.07, 6.45) is 1.98. The number of hydrogen-bond acceptors (Lipinski definition) is 2. The van der Waals surface area contributed by atoms with Gasteiger partial charge in [0.25, 0.3) is 0 Å². The van der Waals surface area contributed by atoms with Crippen LogP contribution in [-0.4, -0.2) is 0 Å². The summed E-state index contributed by atoms with van der Waals surface area (Å²) in [4.78, 5) is 0. The van der Waals surface area contributed by atoms with Gasteiger partial charge < -0.3 is 4.42 Å². The van der Waals surface area contributed by atoms with Crippen molar-refractivity contribution in [2.45, 2.75) is 13.8 Å². The highest BCUT2D eigenvalue weighted by molar-refractivity contribution is 6.14. The van der Waals surface area contributed by atoms with Gasteiger partial charge in [-0.1, -0.05) is 42.5 Å². The second-order valence-corrected chi connectivity index (χ2v) is 7.46. The molecule has 30 heavy (non-hydrogen) atoms. The van der Waals surface area contributed by atoms with E-state index in [4.69, 9.17) is 8.53 Å². The van der Waals surface area contributed by atoms with E-state index in [1.54, 1.807) is 6.07 Å².